The number of rotatable bonds is 8. The third-order valence-corrected chi connectivity index (χ3v) is 2.26. The van der Waals surface area contributed by atoms with Gasteiger partial charge in [0.2, 0.25) is 0 Å². The topological polar surface area (TPSA) is 72.8 Å². The number of Topliss-reactive ketones (excluding diaryl/α,β-unsaturated/α-hetero) is 1. The molecule has 1 aromatic rings. The predicted molar refractivity (Wildman–Crippen MR) is 60.1 cm³/mol. The largest absolute Gasteiger partial charge is 0.481 e. The van der Waals surface area contributed by atoms with Gasteiger partial charge in [0.25, 0.3) is 0 Å². The van der Waals surface area contributed by atoms with Crippen LogP contribution in [0.3, 0.4) is 0 Å². The summed E-state index contributed by atoms with van der Waals surface area (Å²) in [6.45, 7) is -4.28. The van der Waals surface area contributed by atoms with Crippen LogP contribution in [0.1, 0.15) is 18.1 Å². The molecule has 1 aromatic carbocycles. The van der Waals surface area contributed by atoms with Crippen LogP contribution in [-0.2, 0) is 14.3 Å². The first-order valence-corrected chi connectivity index (χ1v) is 5.41. The van der Waals surface area contributed by atoms with E-state index in [-0.39, 0.29) is 11.3 Å². The number of alkyl halides is 3. The minimum Gasteiger partial charge on any atom is -0.481 e. The molecule has 1 N–H and O–H groups in total. The van der Waals surface area contributed by atoms with E-state index in [0.29, 0.717) is 0 Å². The van der Waals surface area contributed by atoms with E-state index in [1.54, 1.807) is 0 Å². The van der Waals surface area contributed by atoms with Gasteiger partial charge in [-0.3, -0.25) is 9.59 Å². The highest BCUT2D eigenvalue weighted by Gasteiger charge is 2.23. The summed E-state index contributed by atoms with van der Waals surface area (Å²) in [4.78, 5) is 22.0. The Kier molecular flexibility index (Phi) is 5.98. The lowest BCUT2D eigenvalue weighted by Crippen LogP contribution is -2.19. The molecule has 0 amide bonds. The summed E-state index contributed by atoms with van der Waals surface area (Å²) < 4.78 is 44.8. The van der Waals surface area contributed by atoms with Crippen molar-refractivity contribution in [2.45, 2.75) is 19.1 Å². The van der Waals surface area contributed by atoms with Crippen molar-refractivity contribution in [3.05, 3.63) is 29.8 Å². The van der Waals surface area contributed by atoms with Gasteiger partial charge in [0.1, 0.15) is 18.3 Å². The Morgan fingerprint density at radius 3 is 2.25 bits per heavy atom. The molecule has 0 heterocycles. The zero-order chi connectivity index (χ0) is 15.1. The van der Waals surface area contributed by atoms with Crippen molar-refractivity contribution in [1.82, 2.24) is 0 Å². The highest BCUT2D eigenvalue weighted by atomic mass is 19.3. The molecule has 0 aromatic heterocycles. The number of aliphatic carboxylic acids is 1. The molecule has 5 nitrogen and oxygen atoms in total. The van der Waals surface area contributed by atoms with Gasteiger partial charge in [0.05, 0.1) is 0 Å². The molecule has 110 valence electrons. The molecular formula is C12H11F3O5. The van der Waals surface area contributed by atoms with Gasteiger partial charge in [-0.2, -0.15) is 8.78 Å². The van der Waals surface area contributed by atoms with Crippen LogP contribution in [0, 0.1) is 0 Å². The second-order valence-electron chi connectivity index (χ2n) is 3.64. The Balaban J connectivity index is 2.86. The second-order valence-corrected chi connectivity index (χ2v) is 3.64. The summed E-state index contributed by atoms with van der Waals surface area (Å²) in [5.74, 6) is -2.37. The van der Waals surface area contributed by atoms with E-state index in [9.17, 15) is 22.8 Å². The number of carboxylic acid groups (broad SMARTS) is 1. The van der Waals surface area contributed by atoms with Crippen LogP contribution in [0.4, 0.5) is 13.2 Å². The maximum Gasteiger partial charge on any atom is 0.387 e. The maximum atomic E-state index is 12.2. The second kappa shape index (κ2) is 7.49. The van der Waals surface area contributed by atoms with Gasteiger partial charge in [-0.1, -0.05) is 12.1 Å². The molecule has 0 saturated carbocycles. The third-order valence-electron chi connectivity index (χ3n) is 2.26. The van der Waals surface area contributed by atoms with Crippen LogP contribution in [0.15, 0.2) is 24.3 Å². The number of ether oxygens (including phenoxy) is 2. The molecule has 0 aliphatic heterocycles. The summed E-state index contributed by atoms with van der Waals surface area (Å²) in [7, 11) is 0. The van der Waals surface area contributed by atoms with Gasteiger partial charge < -0.3 is 14.6 Å². The SMILES string of the molecule is O=C(O)CC(=O)C(OCF)c1ccc(OC(F)F)cc1. The van der Waals surface area contributed by atoms with Gasteiger partial charge >= 0.3 is 12.6 Å². The van der Waals surface area contributed by atoms with Crippen molar-refractivity contribution >= 4 is 11.8 Å². The van der Waals surface area contributed by atoms with Crippen molar-refractivity contribution in [3.8, 4) is 5.75 Å². The van der Waals surface area contributed by atoms with Crippen LogP contribution < -0.4 is 4.74 Å². The summed E-state index contributed by atoms with van der Waals surface area (Å²) in [6, 6.07) is 4.73. The lowest BCUT2D eigenvalue weighted by molar-refractivity contribution is -0.145. The van der Waals surface area contributed by atoms with Crippen LogP contribution in [-0.4, -0.2) is 30.3 Å². The third kappa shape index (κ3) is 4.88. The summed E-state index contributed by atoms with van der Waals surface area (Å²) in [5, 5.41) is 8.52. The smallest absolute Gasteiger partial charge is 0.387 e. The lowest BCUT2D eigenvalue weighted by Gasteiger charge is -2.15. The van der Waals surface area contributed by atoms with Crippen LogP contribution in [0.25, 0.3) is 0 Å². The fourth-order valence-corrected chi connectivity index (χ4v) is 1.50. The number of benzene rings is 1. The van der Waals surface area contributed by atoms with Crippen molar-refractivity contribution in [1.29, 1.82) is 0 Å². The number of hydrogen-bond donors (Lipinski definition) is 1. The van der Waals surface area contributed by atoms with E-state index < -0.39 is 37.7 Å². The van der Waals surface area contributed by atoms with Crippen LogP contribution in [0.2, 0.25) is 0 Å². The molecule has 8 heteroatoms. The fourth-order valence-electron chi connectivity index (χ4n) is 1.50. The van der Waals surface area contributed by atoms with E-state index in [4.69, 9.17) is 5.11 Å². The molecule has 0 bridgehead atoms. The highest BCUT2D eigenvalue weighted by Crippen LogP contribution is 2.23. The van der Waals surface area contributed by atoms with Gasteiger partial charge in [0.15, 0.2) is 12.6 Å². The van der Waals surface area contributed by atoms with E-state index in [1.165, 1.54) is 12.1 Å². The Labute approximate surface area is 111 Å². The average Bonchev–Trinajstić information content (AvgIpc) is 2.35. The summed E-state index contributed by atoms with van der Waals surface area (Å²) in [6.07, 6.45) is -2.24. The number of carbonyl (C=O) groups is 2. The zero-order valence-corrected chi connectivity index (χ0v) is 10.1. The van der Waals surface area contributed by atoms with Gasteiger partial charge in [-0.15, -0.1) is 0 Å². The Hall–Kier alpha value is -2.09. The molecule has 0 radical (unpaired) electrons. The van der Waals surface area contributed by atoms with E-state index >= 15 is 0 Å². The minimum absolute atomic E-state index is 0.145. The fraction of sp³-hybridized carbons (Fsp3) is 0.333. The quantitative estimate of drug-likeness (QED) is 0.744. The molecule has 0 aliphatic rings. The normalized spacial score (nSPS) is 12.2. The number of ketones is 1. The zero-order valence-electron chi connectivity index (χ0n) is 10.1. The van der Waals surface area contributed by atoms with Gasteiger partial charge in [0, 0.05) is 0 Å². The highest BCUT2D eigenvalue weighted by molar-refractivity contribution is 5.97. The Morgan fingerprint density at radius 1 is 1.20 bits per heavy atom. The van der Waals surface area contributed by atoms with Crippen LogP contribution >= 0.6 is 0 Å². The number of carbonyl (C=O) groups excluding carboxylic acids is 1. The molecule has 0 saturated heterocycles. The molecule has 1 rings (SSSR count). The van der Waals surface area contributed by atoms with E-state index in [0.717, 1.165) is 12.1 Å². The lowest BCUT2D eigenvalue weighted by atomic mass is 10.0. The molecule has 0 aliphatic carbocycles. The predicted octanol–water partition coefficient (Wildman–Crippen LogP) is 2.32. The Morgan fingerprint density at radius 2 is 1.80 bits per heavy atom. The molecule has 20 heavy (non-hydrogen) atoms. The van der Waals surface area contributed by atoms with Crippen LogP contribution in [0.5, 0.6) is 5.75 Å². The van der Waals surface area contributed by atoms with Crippen molar-refractivity contribution in [2.75, 3.05) is 6.86 Å². The van der Waals surface area contributed by atoms with Gasteiger partial charge in [-0.25, -0.2) is 4.39 Å². The van der Waals surface area contributed by atoms with Crippen molar-refractivity contribution < 1.29 is 37.3 Å². The van der Waals surface area contributed by atoms with Crippen molar-refractivity contribution in [3.63, 3.8) is 0 Å². The van der Waals surface area contributed by atoms with E-state index in [2.05, 4.69) is 9.47 Å². The average molecular weight is 292 g/mol. The first-order valence-electron chi connectivity index (χ1n) is 5.41. The molecule has 1 atom stereocenters. The maximum absolute atomic E-state index is 12.2. The molecule has 1 unspecified atom stereocenters. The number of carboxylic acids is 1. The van der Waals surface area contributed by atoms with Crippen molar-refractivity contribution in [2.24, 2.45) is 0 Å². The molecular weight excluding hydrogens is 281 g/mol. The first kappa shape index (κ1) is 16.0. The van der Waals surface area contributed by atoms with Gasteiger partial charge in [-0.05, 0) is 17.7 Å². The Bertz CT molecular complexity index is 461. The molecule has 0 spiro atoms. The number of halogens is 3. The van der Waals surface area contributed by atoms with E-state index in [1.807, 2.05) is 0 Å². The summed E-state index contributed by atoms with van der Waals surface area (Å²) in [5.41, 5.74) is 0.149. The number of hydrogen-bond acceptors (Lipinski definition) is 4. The first-order chi connectivity index (χ1) is 9.43. The minimum atomic E-state index is -2.99. The monoisotopic (exact) mass is 292 g/mol. The standard InChI is InChI=1S/C12H11F3O5/c13-6-19-11(9(16)5-10(17)18)7-1-3-8(4-2-7)20-12(14)15/h1-4,11-12H,5-6H2,(H,17,18). The molecule has 0 fully saturated rings. The summed E-state index contributed by atoms with van der Waals surface area (Å²) >= 11 is 0.